The van der Waals surface area contributed by atoms with Crippen molar-refractivity contribution in [2.75, 3.05) is 11.1 Å². The number of hydrogen-bond donors (Lipinski definition) is 2. The van der Waals surface area contributed by atoms with Crippen LogP contribution >= 0.6 is 15.9 Å². The number of nitrogens with zero attached hydrogens (tertiary/aromatic N) is 2. The van der Waals surface area contributed by atoms with Gasteiger partial charge in [-0.05, 0) is 52.2 Å². The van der Waals surface area contributed by atoms with Crippen molar-refractivity contribution in [2.24, 2.45) is 0 Å². The Morgan fingerprint density at radius 3 is 2.48 bits per heavy atom. The van der Waals surface area contributed by atoms with E-state index in [2.05, 4.69) is 85.8 Å². The summed E-state index contributed by atoms with van der Waals surface area (Å²) in [4.78, 5) is 8.87. The zero-order valence-electron chi connectivity index (χ0n) is 15.4. The van der Waals surface area contributed by atoms with Crippen LogP contribution in [0, 0.1) is 0 Å². The van der Waals surface area contributed by atoms with Crippen molar-refractivity contribution < 1.29 is 0 Å². The van der Waals surface area contributed by atoms with E-state index in [1.54, 1.807) is 0 Å². The summed E-state index contributed by atoms with van der Waals surface area (Å²) in [5.74, 6) is 0.931. The lowest BCUT2D eigenvalue weighted by Crippen LogP contribution is -2.01. The van der Waals surface area contributed by atoms with Crippen LogP contribution in [0.1, 0.15) is 0 Å². The average molecular weight is 441 g/mol. The zero-order valence-corrected chi connectivity index (χ0v) is 17.0. The van der Waals surface area contributed by atoms with Gasteiger partial charge < -0.3 is 11.1 Å². The largest absolute Gasteiger partial charge is 0.368 e. The first-order valence-corrected chi connectivity index (χ1v) is 10.0. The molecule has 4 nitrogen and oxygen atoms in total. The number of nitrogens with two attached hydrogens (primary N) is 1. The van der Waals surface area contributed by atoms with Gasteiger partial charge in [0.05, 0.1) is 5.52 Å². The highest BCUT2D eigenvalue weighted by Gasteiger charge is 2.10. The molecule has 5 heteroatoms. The van der Waals surface area contributed by atoms with Crippen molar-refractivity contribution in [1.82, 2.24) is 9.97 Å². The maximum absolute atomic E-state index is 5.96. The molecule has 0 spiro atoms. The Kier molecular flexibility index (Phi) is 4.37. The molecule has 0 amide bonds. The van der Waals surface area contributed by atoms with E-state index in [-0.39, 0.29) is 5.95 Å². The number of rotatable bonds is 3. The van der Waals surface area contributed by atoms with Crippen LogP contribution in [0.15, 0.2) is 89.4 Å². The summed E-state index contributed by atoms with van der Waals surface area (Å²) in [6, 6.07) is 28.9. The fourth-order valence-corrected chi connectivity index (χ4v) is 3.99. The van der Waals surface area contributed by atoms with E-state index in [1.807, 2.05) is 30.3 Å². The molecule has 0 fully saturated rings. The molecular formula is C24H17BrN4. The number of nitrogens with one attached hydrogen (secondary N) is 1. The molecular weight excluding hydrogens is 424 g/mol. The fraction of sp³-hybridized carbons (Fsp3) is 0. The number of anilines is 3. The second-order valence-corrected chi connectivity index (χ2v) is 7.74. The van der Waals surface area contributed by atoms with E-state index in [4.69, 9.17) is 5.73 Å². The minimum absolute atomic E-state index is 0.243. The minimum Gasteiger partial charge on any atom is -0.368 e. The fourth-order valence-electron chi connectivity index (χ4n) is 3.59. The highest BCUT2D eigenvalue weighted by molar-refractivity contribution is 9.10. The second-order valence-electron chi connectivity index (χ2n) is 6.82. The quantitative estimate of drug-likeness (QED) is 0.334. The van der Waals surface area contributed by atoms with Crippen LogP contribution < -0.4 is 11.1 Å². The maximum Gasteiger partial charge on any atom is 0.222 e. The molecule has 5 aromatic rings. The van der Waals surface area contributed by atoms with E-state index in [0.717, 1.165) is 26.6 Å². The first kappa shape index (κ1) is 17.6. The molecule has 3 N–H and O–H groups in total. The summed E-state index contributed by atoms with van der Waals surface area (Å²) in [6.45, 7) is 0. The molecule has 0 aliphatic heterocycles. The standard InChI is InChI=1S/C24H17BrN4/c25-17-7-4-8-18(14-17)27-23-21-13-16(11-12-22(21)28-24(26)29-23)20-10-3-6-15-5-1-2-9-19(15)20/h1-14H,(H3,26,27,28,29). The minimum atomic E-state index is 0.243. The molecule has 0 saturated heterocycles. The number of fused-ring (bicyclic) bond motifs is 2. The molecule has 0 aliphatic rings. The summed E-state index contributed by atoms with van der Waals surface area (Å²) in [5, 5.41) is 6.73. The van der Waals surface area contributed by atoms with E-state index in [0.29, 0.717) is 5.82 Å². The van der Waals surface area contributed by atoms with Crippen molar-refractivity contribution in [3.05, 3.63) is 89.4 Å². The maximum atomic E-state index is 5.96. The summed E-state index contributed by atoms with van der Waals surface area (Å²) in [7, 11) is 0. The highest BCUT2D eigenvalue weighted by atomic mass is 79.9. The third-order valence-corrected chi connectivity index (χ3v) is 5.39. The van der Waals surface area contributed by atoms with Crippen molar-refractivity contribution in [3.63, 3.8) is 0 Å². The van der Waals surface area contributed by atoms with Crippen molar-refractivity contribution in [2.45, 2.75) is 0 Å². The number of aromatic nitrogens is 2. The molecule has 5 rings (SSSR count). The van der Waals surface area contributed by atoms with Gasteiger partial charge in [0.25, 0.3) is 0 Å². The SMILES string of the molecule is Nc1nc(Nc2cccc(Br)c2)c2cc(-c3cccc4ccccc34)ccc2n1. The summed E-state index contributed by atoms with van der Waals surface area (Å²) < 4.78 is 0.991. The van der Waals surface area contributed by atoms with Crippen LogP contribution in [0.2, 0.25) is 0 Å². The van der Waals surface area contributed by atoms with Gasteiger partial charge in [-0.15, -0.1) is 0 Å². The van der Waals surface area contributed by atoms with Crippen molar-refractivity contribution >= 4 is 55.1 Å². The smallest absolute Gasteiger partial charge is 0.222 e. The Morgan fingerprint density at radius 1 is 0.759 bits per heavy atom. The predicted molar refractivity (Wildman–Crippen MR) is 124 cm³/mol. The van der Waals surface area contributed by atoms with Crippen LogP contribution in [0.3, 0.4) is 0 Å². The van der Waals surface area contributed by atoms with Crippen LogP contribution in [0.25, 0.3) is 32.8 Å². The summed E-state index contributed by atoms with van der Waals surface area (Å²) >= 11 is 3.51. The first-order valence-electron chi connectivity index (χ1n) is 9.25. The normalized spacial score (nSPS) is 11.1. The molecule has 1 aromatic heterocycles. The van der Waals surface area contributed by atoms with E-state index >= 15 is 0 Å². The lowest BCUT2D eigenvalue weighted by Gasteiger charge is -2.12. The van der Waals surface area contributed by atoms with Gasteiger partial charge >= 0.3 is 0 Å². The van der Waals surface area contributed by atoms with Gasteiger partial charge in [-0.2, -0.15) is 4.98 Å². The van der Waals surface area contributed by atoms with Crippen molar-refractivity contribution in [3.8, 4) is 11.1 Å². The topological polar surface area (TPSA) is 63.8 Å². The Hall–Kier alpha value is -3.44. The Balaban J connectivity index is 1.69. The lowest BCUT2D eigenvalue weighted by atomic mass is 9.97. The van der Waals surface area contributed by atoms with E-state index in [9.17, 15) is 0 Å². The molecule has 0 radical (unpaired) electrons. The van der Waals surface area contributed by atoms with Crippen LogP contribution in [-0.4, -0.2) is 9.97 Å². The zero-order chi connectivity index (χ0) is 19.8. The number of benzene rings is 4. The molecule has 29 heavy (non-hydrogen) atoms. The average Bonchev–Trinajstić information content (AvgIpc) is 2.73. The van der Waals surface area contributed by atoms with Crippen molar-refractivity contribution in [1.29, 1.82) is 0 Å². The van der Waals surface area contributed by atoms with Gasteiger partial charge in [-0.3, -0.25) is 0 Å². The molecule has 1 heterocycles. The Labute approximate surface area is 176 Å². The lowest BCUT2D eigenvalue weighted by molar-refractivity contribution is 1.23. The molecule has 4 aromatic carbocycles. The van der Waals surface area contributed by atoms with Gasteiger partial charge in [-0.25, -0.2) is 4.98 Å². The third-order valence-electron chi connectivity index (χ3n) is 4.90. The van der Waals surface area contributed by atoms with Gasteiger partial charge in [0.2, 0.25) is 5.95 Å². The molecule has 140 valence electrons. The Bertz CT molecular complexity index is 1360. The molecule has 0 aliphatic carbocycles. The first-order chi connectivity index (χ1) is 14.2. The highest BCUT2D eigenvalue weighted by Crippen LogP contribution is 2.33. The molecule has 0 bridgehead atoms. The van der Waals surface area contributed by atoms with Gasteiger partial charge in [0.15, 0.2) is 0 Å². The molecule has 0 atom stereocenters. The van der Waals surface area contributed by atoms with Crippen LogP contribution in [0.4, 0.5) is 17.5 Å². The van der Waals surface area contributed by atoms with Gasteiger partial charge in [0.1, 0.15) is 5.82 Å². The van der Waals surface area contributed by atoms with Gasteiger partial charge in [-0.1, -0.05) is 70.5 Å². The second kappa shape index (κ2) is 7.18. The number of nitrogen functional groups attached to an aromatic ring is 1. The third kappa shape index (κ3) is 3.41. The summed E-state index contributed by atoms with van der Waals surface area (Å²) in [5.41, 5.74) is 9.98. The number of halogens is 1. The summed E-state index contributed by atoms with van der Waals surface area (Å²) in [6.07, 6.45) is 0. The number of hydrogen-bond acceptors (Lipinski definition) is 4. The molecule has 0 saturated carbocycles. The Morgan fingerprint density at radius 2 is 1.59 bits per heavy atom. The van der Waals surface area contributed by atoms with Gasteiger partial charge in [0, 0.05) is 15.5 Å². The molecule has 0 unspecified atom stereocenters. The van der Waals surface area contributed by atoms with Crippen LogP contribution in [0.5, 0.6) is 0 Å². The predicted octanol–water partition coefficient (Wildman–Crippen LogP) is 6.54. The van der Waals surface area contributed by atoms with E-state index < -0.39 is 0 Å². The van der Waals surface area contributed by atoms with Crippen LogP contribution in [-0.2, 0) is 0 Å². The monoisotopic (exact) mass is 440 g/mol. The van der Waals surface area contributed by atoms with E-state index in [1.165, 1.54) is 16.3 Å².